The lowest BCUT2D eigenvalue weighted by molar-refractivity contribution is 0.307. The number of aliphatic hydroxyl groups is 1. The van der Waals surface area contributed by atoms with Crippen molar-refractivity contribution in [2.24, 2.45) is 16.3 Å². The summed E-state index contributed by atoms with van der Waals surface area (Å²) in [6, 6.07) is 0. The minimum Gasteiger partial charge on any atom is -0.394 e. The first-order chi connectivity index (χ1) is 11.4. The molecule has 0 spiro atoms. The number of hydrogen-bond donors (Lipinski definition) is 1. The minimum absolute atomic E-state index is 0.127. The highest BCUT2D eigenvalue weighted by Crippen LogP contribution is 2.40. The van der Waals surface area contributed by atoms with Crippen LogP contribution in [0.2, 0.25) is 0 Å². The van der Waals surface area contributed by atoms with Crippen molar-refractivity contribution in [3.8, 4) is 0 Å². The van der Waals surface area contributed by atoms with Crippen LogP contribution in [0.15, 0.2) is 52.1 Å². The Morgan fingerprint density at radius 1 is 1.38 bits per heavy atom. The lowest BCUT2D eigenvalue weighted by atomic mass is 9.72. The molecule has 0 amide bonds. The fraction of sp³-hybridized carbons (Fsp3) is 0.591. The Balaban J connectivity index is 2.59. The molecule has 1 atom stereocenters. The zero-order valence-electron chi connectivity index (χ0n) is 16.2. The van der Waals surface area contributed by atoms with E-state index in [9.17, 15) is 0 Å². The lowest BCUT2D eigenvalue weighted by Crippen LogP contribution is -2.19. The highest BCUT2D eigenvalue weighted by atomic mass is 16.3. The van der Waals surface area contributed by atoms with Crippen molar-refractivity contribution < 1.29 is 5.11 Å². The van der Waals surface area contributed by atoms with Crippen LogP contribution >= 0.6 is 0 Å². The van der Waals surface area contributed by atoms with Gasteiger partial charge in [0.25, 0.3) is 0 Å². The molecule has 0 aliphatic heterocycles. The van der Waals surface area contributed by atoms with E-state index >= 15 is 0 Å². The molecule has 1 N–H and O–H groups in total. The maximum Gasteiger partial charge on any atom is 0.0626 e. The van der Waals surface area contributed by atoms with Crippen LogP contribution in [0.5, 0.6) is 0 Å². The first-order valence-corrected chi connectivity index (χ1v) is 9.19. The fourth-order valence-electron chi connectivity index (χ4n) is 3.15. The summed E-state index contributed by atoms with van der Waals surface area (Å²) in [5.74, 6) is 0.461. The lowest BCUT2D eigenvalue weighted by Gasteiger charge is -2.32. The molecule has 0 heterocycles. The molecule has 0 radical (unpaired) electrons. The van der Waals surface area contributed by atoms with Gasteiger partial charge in [0, 0.05) is 0 Å². The zero-order chi connectivity index (χ0) is 18.0. The van der Waals surface area contributed by atoms with E-state index in [0.29, 0.717) is 17.9 Å². The first kappa shape index (κ1) is 20.6. The molecule has 0 saturated carbocycles. The van der Waals surface area contributed by atoms with E-state index < -0.39 is 0 Å². The molecule has 2 heteroatoms. The van der Waals surface area contributed by atoms with Crippen LogP contribution in [0.25, 0.3) is 0 Å². The Kier molecular flexibility index (Phi) is 8.99. The van der Waals surface area contributed by atoms with E-state index in [4.69, 9.17) is 5.11 Å². The molecular formula is C22H35NO. The molecule has 24 heavy (non-hydrogen) atoms. The van der Waals surface area contributed by atoms with Crippen molar-refractivity contribution in [3.05, 3.63) is 47.1 Å². The van der Waals surface area contributed by atoms with E-state index in [2.05, 4.69) is 70.0 Å². The maximum atomic E-state index is 8.68. The summed E-state index contributed by atoms with van der Waals surface area (Å²) >= 11 is 0. The third kappa shape index (κ3) is 7.44. The van der Waals surface area contributed by atoms with Crippen LogP contribution in [-0.4, -0.2) is 24.5 Å². The monoisotopic (exact) mass is 329 g/mol. The topological polar surface area (TPSA) is 32.6 Å². The van der Waals surface area contributed by atoms with Crippen molar-refractivity contribution in [2.75, 3.05) is 13.2 Å². The van der Waals surface area contributed by atoms with Gasteiger partial charge in [-0.2, -0.15) is 0 Å². The summed E-state index contributed by atoms with van der Waals surface area (Å²) in [7, 11) is 0. The summed E-state index contributed by atoms with van der Waals surface area (Å²) in [6.45, 7) is 12.0. The molecular weight excluding hydrogens is 294 g/mol. The molecule has 0 aromatic heterocycles. The molecule has 1 rings (SSSR count). The molecule has 1 aliphatic rings. The second-order valence-corrected chi connectivity index (χ2v) is 7.59. The van der Waals surface area contributed by atoms with E-state index in [1.807, 2.05) is 6.21 Å². The predicted octanol–water partition coefficient (Wildman–Crippen LogP) is 5.66. The van der Waals surface area contributed by atoms with Gasteiger partial charge >= 0.3 is 0 Å². The molecule has 1 unspecified atom stereocenters. The number of nitrogens with zero attached hydrogens (tertiary/aromatic N) is 1. The van der Waals surface area contributed by atoms with Crippen LogP contribution in [0.1, 0.15) is 60.3 Å². The second kappa shape index (κ2) is 10.5. The number of aliphatic hydroxyl groups excluding tert-OH is 1. The molecule has 1 aliphatic carbocycles. The van der Waals surface area contributed by atoms with Crippen LogP contribution in [0.4, 0.5) is 0 Å². The Morgan fingerprint density at radius 2 is 2.12 bits per heavy atom. The summed E-state index contributed by atoms with van der Waals surface area (Å²) in [6.07, 6.45) is 17.7. The van der Waals surface area contributed by atoms with Gasteiger partial charge in [0.1, 0.15) is 0 Å². The third-order valence-electron chi connectivity index (χ3n) is 4.69. The highest BCUT2D eigenvalue weighted by Gasteiger charge is 2.26. The van der Waals surface area contributed by atoms with E-state index in [1.165, 1.54) is 30.4 Å². The number of hydrogen-bond acceptors (Lipinski definition) is 2. The molecule has 0 saturated heterocycles. The Bertz CT molecular complexity index is 532. The van der Waals surface area contributed by atoms with Crippen LogP contribution in [0.3, 0.4) is 0 Å². The Morgan fingerprint density at radius 3 is 2.79 bits per heavy atom. The van der Waals surface area contributed by atoms with Crippen LogP contribution in [-0.2, 0) is 0 Å². The Hall–Kier alpha value is -1.41. The first-order valence-electron chi connectivity index (χ1n) is 9.19. The molecule has 0 fully saturated rings. The van der Waals surface area contributed by atoms with E-state index in [1.54, 1.807) is 5.57 Å². The average Bonchev–Trinajstić information content (AvgIpc) is 2.50. The third-order valence-corrected chi connectivity index (χ3v) is 4.69. The second-order valence-electron chi connectivity index (χ2n) is 7.59. The smallest absolute Gasteiger partial charge is 0.0626 e. The standard InChI is InChI=1S/C22H35NO/c1-18(8-6-9-19(2)13-15-23-16-17-24)11-12-21-20(3)10-7-14-22(21,4)5/h6,8-9,11-12,15,19,24H,7,10,13-14,16-17H2,1-5H3. The van der Waals surface area contributed by atoms with Gasteiger partial charge < -0.3 is 5.11 Å². The molecule has 0 aromatic carbocycles. The molecule has 0 aromatic rings. The fourth-order valence-corrected chi connectivity index (χ4v) is 3.15. The number of allylic oxidation sites excluding steroid dienone is 8. The minimum atomic E-state index is 0.127. The van der Waals surface area contributed by atoms with Gasteiger partial charge in [-0.15, -0.1) is 0 Å². The molecule has 0 bridgehead atoms. The van der Waals surface area contributed by atoms with Crippen molar-refractivity contribution in [3.63, 3.8) is 0 Å². The summed E-state index contributed by atoms with van der Waals surface area (Å²) in [4.78, 5) is 4.13. The van der Waals surface area contributed by atoms with Gasteiger partial charge in [-0.05, 0) is 62.7 Å². The SMILES string of the molecule is CC(C=CC1=C(C)CCCC1(C)C)=CC=CC(C)CC=NCCO. The number of aliphatic imine (C=N–C) groups is 1. The quantitative estimate of drug-likeness (QED) is 0.452. The van der Waals surface area contributed by atoms with Crippen molar-refractivity contribution >= 4 is 6.21 Å². The van der Waals surface area contributed by atoms with Gasteiger partial charge in [0.2, 0.25) is 0 Å². The summed E-state index contributed by atoms with van der Waals surface area (Å²) in [5, 5.41) is 8.68. The zero-order valence-corrected chi connectivity index (χ0v) is 16.2. The van der Waals surface area contributed by atoms with Crippen LogP contribution in [0, 0.1) is 11.3 Å². The van der Waals surface area contributed by atoms with E-state index in [-0.39, 0.29) is 6.61 Å². The Labute approximate surface area is 148 Å². The van der Waals surface area contributed by atoms with Gasteiger partial charge in [-0.3, -0.25) is 4.99 Å². The largest absolute Gasteiger partial charge is 0.394 e. The summed E-state index contributed by atoms with van der Waals surface area (Å²) in [5.41, 5.74) is 4.63. The molecule has 134 valence electrons. The number of rotatable bonds is 8. The maximum absolute atomic E-state index is 8.68. The highest BCUT2D eigenvalue weighted by molar-refractivity contribution is 5.57. The van der Waals surface area contributed by atoms with Gasteiger partial charge in [-0.25, -0.2) is 0 Å². The van der Waals surface area contributed by atoms with Gasteiger partial charge in [0.05, 0.1) is 13.2 Å². The van der Waals surface area contributed by atoms with Crippen molar-refractivity contribution in [2.45, 2.75) is 60.3 Å². The van der Waals surface area contributed by atoms with E-state index in [0.717, 1.165) is 6.42 Å². The van der Waals surface area contributed by atoms with Crippen molar-refractivity contribution in [1.82, 2.24) is 0 Å². The average molecular weight is 330 g/mol. The molecule has 2 nitrogen and oxygen atoms in total. The normalized spacial score (nSPS) is 20.7. The predicted molar refractivity (Wildman–Crippen MR) is 107 cm³/mol. The van der Waals surface area contributed by atoms with Crippen molar-refractivity contribution in [1.29, 1.82) is 0 Å². The van der Waals surface area contributed by atoms with Gasteiger partial charge in [-0.1, -0.05) is 62.3 Å². The van der Waals surface area contributed by atoms with Gasteiger partial charge in [0.15, 0.2) is 0 Å². The van der Waals surface area contributed by atoms with Crippen LogP contribution < -0.4 is 0 Å². The summed E-state index contributed by atoms with van der Waals surface area (Å²) < 4.78 is 0.